The molecule has 0 saturated heterocycles. The molecule has 132 valence electrons. The smallest absolute Gasteiger partial charge is 0.326 e. The van der Waals surface area contributed by atoms with Crippen LogP contribution in [0.5, 0.6) is 0 Å². The number of pyridine rings is 1. The molecule has 1 amide bonds. The summed E-state index contributed by atoms with van der Waals surface area (Å²) in [7, 11) is 0. The van der Waals surface area contributed by atoms with E-state index in [2.05, 4.69) is 10.3 Å². The molecule has 26 heavy (non-hydrogen) atoms. The zero-order valence-corrected chi connectivity index (χ0v) is 13.4. The van der Waals surface area contributed by atoms with Crippen LogP contribution in [-0.4, -0.2) is 28.0 Å². The van der Waals surface area contributed by atoms with Gasteiger partial charge in [-0.15, -0.1) is 0 Å². The lowest BCUT2D eigenvalue weighted by atomic mass is 10.1. The van der Waals surface area contributed by atoms with Crippen molar-refractivity contribution in [3.05, 3.63) is 77.5 Å². The Balaban J connectivity index is 1.80. The van der Waals surface area contributed by atoms with Crippen LogP contribution >= 0.6 is 0 Å². The normalized spacial score (nSPS) is 11.9. The van der Waals surface area contributed by atoms with Crippen LogP contribution in [-0.2, 0) is 11.2 Å². The van der Waals surface area contributed by atoms with Gasteiger partial charge in [0.2, 0.25) is 0 Å². The average Bonchev–Trinajstić information content (AvgIpc) is 2.60. The predicted molar refractivity (Wildman–Crippen MR) is 90.7 cm³/mol. The third-order valence-electron chi connectivity index (χ3n) is 3.80. The van der Waals surface area contributed by atoms with Gasteiger partial charge in [-0.2, -0.15) is 0 Å². The van der Waals surface area contributed by atoms with Crippen molar-refractivity contribution >= 4 is 22.8 Å². The van der Waals surface area contributed by atoms with Crippen molar-refractivity contribution in [2.24, 2.45) is 0 Å². The lowest BCUT2D eigenvalue weighted by Gasteiger charge is -2.14. The molecule has 0 aliphatic rings. The molecule has 0 radical (unpaired) electrons. The molecule has 0 saturated carbocycles. The van der Waals surface area contributed by atoms with Crippen LogP contribution in [0.4, 0.5) is 8.78 Å². The Bertz CT molecular complexity index is 971. The van der Waals surface area contributed by atoms with Crippen LogP contribution in [0.25, 0.3) is 10.9 Å². The number of benzene rings is 2. The zero-order chi connectivity index (χ0) is 18.7. The summed E-state index contributed by atoms with van der Waals surface area (Å²) in [6.07, 6.45) is -0.0658. The van der Waals surface area contributed by atoms with Crippen LogP contribution in [0.3, 0.4) is 0 Å². The zero-order valence-electron chi connectivity index (χ0n) is 13.4. The summed E-state index contributed by atoms with van der Waals surface area (Å²) < 4.78 is 26.5. The number of carboxylic acids is 1. The number of nitrogens with zero attached hydrogens (tertiary/aromatic N) is 1. The van der Waals surface area contributed by atoms with Crippen molar-refractivity contribution in [2.45, 2.75) is 12.5 Å². The second-order valence-electron chi connectivity index (χ2n) is 5.72. The molecule has 0 aliphatic carbocycles. The molecular weight excluding hydrogens is 342 g/mol. The van der Waals surface area contributed by atoms with Gasteiger partial charge in [0.1, 0.15) is 17.7 Å². The van der Waals surface area contributed by atoms with Crippen molar-refractivity contribution in [3.8, 4) is 0 Å². The number of carbonyl (C=O) groups excluding carboxylic acids is 1. The first kappa shape index (κ1) is 17.5. The maximum absolute atomic E-state index is 13.2. The fourth-order valence-corrected chi connectivity index (χ4v) is 2.56. The van der Waals surface area contributed by atoms with E-state index in [-0.39, 0.29) is 12.0 Å². The van der Waals surface area contributed by atoms with Gasteiger partial charge in [0.15, 0.2) is 0 Å². The number of aromatic nitrogens is 1. The topological polar surface area (TPSA) is 79.3 Å². The molecule has 0 fully saturated rings. The van der Waals surface area contributed by atoms with E-state index in [1.165, 1.54) is 0 Å². The summed E-state index contributed by atoms with van der Waals surface area (Å²) in [6, 6.07) is 11.8. The minimum Gasteiger partial charge on any atom is -0.480 e. The highest BCUT2D eigenvalue weighted by Crippen LogP contribution is 2.13. The molecule has 1 heterocycles. The SMILES string of the molecule is O=C(N[C@H](Cc1ccc2ccccc2n1)C(=O)O)c1cc(F)cc(F)c1. The minimum absolute atomic E-state index is 0.0658. The first-order chi connectivity index (χ1) is 12.4. The molecule has 2 aromatic carbocycles. The van der Waals surface area contributed by atoms with Gasteiger partial charge in [-0.25, -0.2) is 13.6 Å². The minimum atomic E-state index is -1.29. The lowest BCUT2D eigenvalue weighted by Crippen LogP contribution is -2.42. The molecule has 3 rings (SSSR count). The number of carboxylic acid groups (broad SMARTS) is 1. The van der Waals surface area contributed by atoms with Gasteiger partial charge in [0.25, 0.3) is 5.91 Å². The summed E-state index contributed by atoms with van der Waals surface area (Å²) in [5, 5.41) is 12.5. The third-order valence-corrected chi connectivity index (χ3v) is 3.80. The Kier molecular flexibility index (Phi) is 4.88. The van der Waals surface area contributed by atoms with Gasteiger partial charge in [0.05, 0.1) is 5.52 Å². The third kappa shape index (κ3) is 4.00. The summed E-state index contributed by atoms with van der Waals surface area (Å²) >= 11 is 0. The molecular formula is C19H14F2N2O3. The van der Waals surface area contributed by atoms with Crippen molar-refractivity contribution in [1.29, 1.82) is 0 Å². The number of aliphatic carboxylic acids is 1. The first-order valence-corrected chi connectivity index (χ1v) is 7.77. The van der Waals surface area contributed by atoms with Crippen molar-refractivity contribution in [1.82, 2.24) is 10.3 Å². The Hall–Kier alpha value is -3.35. The molecule has 0 bridgehead atoms. The fraction of sp³-hybridized carbons (Fsp3) is 0.105. The fourth-order valence-electron chi connectivity index (χ4n) is 2.56. The number of carbonyl (C=O) groups is 2. The largest absolute Gasteiger partial charge is 0.480 e. The van der Waals surface area contributed by atoms with E-state index in [0.29, 0.717) is 17.3 Å². The van der Waals surface area contributed by atoms with E-state index in [1.807, 2.05) is 18.2 Å². The standard InChI is InChI=1S/C19H14F2N2O3/c20-13-7-12(8-14(21)9-13)18(24)23-17(19(25)26)10-15-6-5-11-3-1-2-4-16(11)22-15/h1-9,17H,10H2,(H,23,24)(H,25,26)/t17-/m1/s1. The molecule has 5 nitrogen and oxygen atoms in total. The number of fused-ring (bicyclic) bond motifs is 1. The Morgan fingerprint density at radius 2 is 1.73 bits per heavy atom. The van der Waals surface area contributed by atoms with E-state index >= 15 is 0 Å². The second-order valence-corrected chi connectivity index (χ2v) is 5.72. The van der Waals surface area contributed by atoms with E-state index in [0.717, 1.165) is 17.5 Å². The van der Waals surface area contributed by atoms with Crippen LogP contribution in [0.15, 0.2) is 54.6 Å². The number of nitrogens with one attached hydrogen (secondary N) is 1. The van der Waals surface area contributed by atoms with Crippen LogP contribution in [0, 0.1) is 11.6 Å². The number of halogens is 2. The van der Waals surface area contributed by atoms with Crippen molar-refractivity contribution < 1.29 is 23.5 Å². The quantitative estimate of drug-likeness (QED) is 0.737. The molecule has 3 aromatic rings. The molecule has 0 aliphatic heterocycles. The first-order valence-electron chi connectivity index (χ1n) is 7.77. The van der Waals surface area contributed by atoms with Gasteiger partial charge in [-0.3, -0.25) is 9.78 Å². The van der Waals surface area contributed by atoms with Crippen LogP contribution < -0.4 is 5.32 Å². The molecule has 0 unspecified atom stereocenters. The number of amides is 1. The van der Waals surface area contributed by atoms with E-state index in [4.69, 9.17) is 0 Å². The average molecular weight is 356 g/mol. The van der Waals surface area contributed by atoms with Gasteiger partial charge in [0, 0.05) is 29.1 Å². The Labute approximate surface area is 147 Å². The van der Waals surface area contributed by atoms with Crippen molar-refractivity contribution in [2.75, 3.05) is 0 Å². The van der Waals surface area contributed by atoms with Gasteiger partial charge < -0.3 is 10.4 Å². The lowest BCUT2D eigenvalue weighted by molar-refractivity contribution is -0.139. The summed E-state index contributed by atoms with van der Waals surface area (Å²) in [5.74, 6) is -3.99. The van der Waals surface area contributed by atoms with Gasteiger partial charge >= 0.3 is 5.97 Å². The highest BCUT2D eigenvalue weighted by molar-refractivity contribution is 5.96. The predicted octanol–water partition coefficient (Wildman–Crippen LogP) is 2.94. The van der Waals surface area contributed by atoms with Gasteiger partial charge in [-0.05, 0) is 24.3 Å². The maximum atomic E-state index is 13.2. The molecule has 0 spiro atoms. The van der Waals surface area contributed by atoms with Gasteiger partial charge in [-0.1, -0.05) is 24.3 Å². The molecule has 1 atom stereocenters. The van der Waals surface area contributed by atoms with Crippen LogP contribution in [0.1, 0.15) is 16.1 Å². The maximum Gasteiger partial charge on any atom is 0.326 e. The van der Waals surface area contributed by atoms with Crippen molar-refractivity contribution in [3.63, 3.8) is 0 Å². The summed E-state index contributed by atoms with van der Waals surface area (Å²) in [4.78, 5) is 28.0. The highest BCUT2D eigenvalue weighted by atomic mass is 19.1. The monoisotopic (exact) mass is 356 g/mol. The summed E-state index contributed by atoms with van der Waals surface area (Å²) in [6.45, 7) is 0. The Morgan fingerprint density at radius 1 is 1.04 bits per heavy atom. The number of hydrogen-bond acceptors (Lipinski definition) is 3. The second kappa shape index (κ2) is 7.26. The van der Waals surface area contributed by atoms with E-state index in [9.17, 15) is 23.5 Å². The number of rotatable bonds is 5. The summed E-state index contributed by atoms with van der Waals surface area (Å²) in [5.41, 5.74) is 0.884. The molecule has 2 N–H and O–H groups in total. The number of para-hydroxylation sites is 1. The Morgan fingerprint density at radius 3 is 2.42 bits per heavy atom. The van der Waals surface area contributed by atoms with E-state index < -0.39 is 29.6 Å². The highest BCUT2D eigenvalue weighted by Gasteiger charge is 2.22. The number of hydrogen-bond donors (Lipinski definition) is 2. The van der Waals surface area contributed by atoms with Crippen LogP contribution in [0.2, 0.25) is 0 Å². The van der Waals surface area contributed by atoms with E-state index in [1.54, 1.807) is 18.2 Å². The molecule has 1 aromatic heterocycles. The molecule has 7 heteroatoms.